The highest BCUT2D eigenvalue weighted by Gasteiger charge is 2.44. The summed E-state index contributed by atoms with van der Waals surface area (Å²) in [4.78, 5) is 22.8. The van der Waals surface area contributed by atoms with Gasteiger partial charge in [-0.25, -0.2) is 14.6 Å². The Bertz CT molecular complexity index is 1540. The van der Waals surface area contributed by atoms with E-state index >= 15 is 0 Å². The number of benzene rings is 1. The molecule has 0 aliphatic carbocycles. The van der Waals surface area contributed by atoms with Gasteiger partial charge in [-0.15, -0.1) is 0 Å². The topological polar surface area (TPSA) is 118 Å². The van der Waals surface area contributed by atoms with Gasteiger partial charge in [0, 0.05) is 55.3 Å². The highest BCUT2D eigenvalue weighted by Crippen LogP contribution is 2.46. The number of hydrogen-bond donors (Lipinski definition) is 1. The number of aryl methyl sites for hydroxylation is 1. The van der Waals surface area contributed by atoms with Crippen LogP contribution < -0.4 is 10.1 Å². The smallest absolute Gasteiger partial charge is 0.329 e. The minimum atomic E-state index is -2.05. The molecule has 0 spiro atoms. The molecule has 3 aromatic rings. The molecule has 5 rings (SSSR count). The van der Waals surface area contributed by atoms with Gasteiger partial charge in [0.05, 0.1) is 23.0 Å². The lowest BCUT2D eigenvalue weighted by Crippen LogP contribution is -2.46. The lowest BCUT2D eigenvalue weighted by Gasteiger charge is -2.39. The van der Waals surface area contributed by atoms with Gasteiger partial charge in [-0.05, 0) is 61.7 Å². The second kappa shape index (κ2) is 11.9. The first-order valence-corrected chi connectivity index (χ1v) is 17.8. The average molecular weight is 599 g/mol. The molecular formula is C31H41BN7O3Si. The van der Waals surface area contributed by atoms with Crippen LogP contribution in [0.25, 0.3) is 11.3 Å². The predicted octanol–water partition coefficient (Wildman–Crippen LogP) is 5.52. The van der Waals surface area contributed by atoms with Crippen molar-refractivity contribution in [3.8, 4) is 17.3 Å². The molecule has 1 radical (unpaired) electrons. The fraction of sp³-hybridized carbons (Fsp3) is 0.516. The van der Waals surface area contributed by atoms with E-state index in [4.69, 9.17) is 19.2 Å². The summed E-state index contributed by atoms with van der Waals surface area (Å²) in [5, 5.41) is 18.4. The van der Waals surface area contributed by atoms with Gasteiger partial charge in [0.2, 0.25) is 5.95 Å². The van der Waals surface area contributed by atoms with Crippen LogP contribution in [0.5, 0.6) is 0 Å². The maximum absolute atomic E-state index is 11.6. The highest BCUT2D eigenvalue weighted by atomic mass is 28.4. The minimum absolute atomic E-state index is 0.0576. The van der Waals surface area contributed by atoms with E-state index < -0.39 is 13.7 Å². The molecule has 1 fully saturated rings. The largest absolute Gasteiger partial charge is 0.416 e. The summed E-state index contributed by atoms with van der Waals surface area (Å²) in [7, 11) is -0.540. The molecule has 10 nitrogen and oxygen atoms in total. The summed E-state index contributed by atoms with van der Waals surface area (Å²) < 4.78 is 14.3. The van der Waals surface area contributed by atoms with Crippen molar-refractivity contribution in [3.63, 3.8) is 0 Å². The van der Waals surface area contributed by atoms with Crippen LogP contribution in [0.1, 0.15) is 63.4 Å². The number of ether oxygens (including phenoxy) is 1. The number of nitriles is 1. The Balaban J connectivity index is 1.50. The van der Waals surface area contributed by atoms with E-state index in [0.29, 0.717) is 30.4 Å². The third-order valence-corrected chi connectivity index (χ3v) is 13.5. The second-order valence-corrected chi connectivity index (χ2v) is 18.2. The number of carbonyl (C=O) groups is 1. The van der Waals surface area contributed by atoms with Gasteiger partial charge in [-0.1, -0.05) is 27.7 Å². The Hall–Kier alpha value is -3.53. The van der Waals surface area contributed by atoms with E-state index in [1.165, 1.54) is 7.41 Å². The fourth-order valence-electron chi connectivity index (χ4n) is 5.57. The molecule has 0 bridgehead atoms. The maximum Gasteiger partial charge on any atom is 0.329 e. The van der Waals surface area contributed by atoms with Gasteiger partial charge < -0.3 is 24.1 Å². The summed E-state index contributed by atoms with van der Waals surface area (Å²) in [5.41, 5.74) is 4.19. The van der Waals surface area contributed by atoms with E-state index in [2.05, 4.69) is 63.2 Å². The molecule has 2 aliphatic heterocycles. The van der Waals surface area contributed by atoms with Crippen molar-refractivity contribution in [2.75, 3.05) is 36.5 Å². The Morgan fingerprint density at radius 2 is 2.02 bits per heavy atom. The van der Waals surface area contributed by atoms with E-state index in [0.717, 1.165) is 60.6 Å². The summed E-state index contributed by atoms with van der Waals surface area (Å²) in [5.74, 6) is 1.29. The number of fused-ring (bicyclic) bond motifs is 1. The third kappa shape index (κ3) is 6.25. The number of anilines is 3. The first-order valence-electron chi connectivity index (χ1n) is 14.9. The predicted molar refractivity (Wildman–Crippen MR) is 172 cm³/mol. The molecule has 2 aromatic heterocycles. The molecule has 4 heterocycles. The van der Waals surface area contributed by atoms with Crippen LogP contribution in [0.2, 0.25) is 18.1 Å². The van der Waals surface area contributed by atoms with Gasteiger partial charge >= 0.3 is 7.41 Å². The van der Waals surface area contributed by atoms with Gasteiger partial charge in [0.15, 0.2) is 8.32 Å². The zero-order valence-electron chi connectivity index (χ0n) is 26.3. The highest BCUT2D eigenvalue weighted by molar-refractivity contribution is 6.74. The van der Waals surface area contributed by atoms with E-state index in [9.17, 15) is 10.1 Å². The maximum atomic E-state index is 11.6. The van der Waals surface area contributed by atoms with Crippen molar-refractivity contribution in [2.24, 2.45) is 0 Å². The molecule has 12 heteroatoms. The van der Waals surface area contributed by atoms with Crippen molar-refractivity contribution in [1.29, 1.82) is 5.26 Å². The zero-order chi connectivity index (χ0) is 31.0. The molecular weight excluding hydrogens is 557 g/mol. The van der Waals surface area contributed by atoms with Crippen LogP contribution in [-0.4, -0.2) is 68.0 Å². The zero-order valence-corrected chi connectivity index (χ0v) is 27.3. The van der Waals surface area contributed by atoms with Crippen LogP contribution in [0.3, 0.4) is 0 Å². The normalized spacial score (nSPS) is 19.2. The molecule has 1 saturated heterocycles. The molecule has 225 valence electrons. The minimum Gasteiger partial charge on any atom is -0.416 e. The molecule has 0 unspecified atom stereocenters. The number of nitrogens with one attached hydrogen (secondary N) is 1. The Morgan fingerprint density at radius 1 is 1.28 bits per heavy atom. The van der Waals surface area contributed by atoms with Crippen molar-refractivity contribution in [3.05, 3.63) is 47.3 Å². The van der Waals surface area contributed by atoms with Crippen LogP contribution in [0, 0.1) is 18.3 Å². The summed E-state index contributed by atoms with van der Waals surface area (Å²) in [6.45, 7) is 17.7. The SMILES string of the molecule is Cc1cc(Nc2nccc(-c3cc(C#N)c4c(c3)[C@@](C)(CO[Si](C)(C)C(C)(C)C)CN4[B]C=O)n2)n(C2CCOCC2)n1. The monoisotopic (exact) mass is 598 g/mol. The van der Waals surface area contributed by atoms with Crippen LogP contribution in [-0.2, 0) is 19.4 Å². The quantitative estimate of drug-likeness (QED) is 0.251. The standard InChI is InChI=1S/C31H41BN7O3Si/c1-21-14-27(39(37-21)24-9-12-41-13-10-24)36-29-34-11-8-26(35-29)22-15-23(17-33)28-25(16-22)31(5,18-38(28)32-20-40)19-42-43(6,7)30(2,3)4/h8,11,14-16,20,24H,9-10,12-13,18-19H2,1-7H3,(H,34,35,36)/t31-/m1/s1. The molecule has 1 aromatic carbocycles. The Morgan fingerprint density at radius 3 is 2.70 bits per heavy atom. The van der Waals surface area contributed by atoms with Gasteiger partial charge in [-0.3, -0.25) is 0 Å². The first kappa shape index (κ1) is 30.9. The van der Waals surface area contributed by atoms with Crippen molar-refractivity contribution >= 4 is 39.4 Å². The molecule has 1 N–H and O–H groups in total. The molecule has 43 heavy (non-hydrogen) atoms. The summed E-state index contributed by atoms with van der Waals surface area (Å²) >= 11 is 0. The van der Waals surface area contributed by atoms with Gasteiger partial charge in [0.1, 0.15) is 18.1 Å². The number of carbonyl (C=O) groups excluding carboxylic acids is 1. The van der Waals surface area contributed by atoms with Crippen molar-refractivity contribution < 1.29 is 14.0 Å². The van der Waals surface area contributed by atoms with E-state index in [-0.39, 0.29) is 11.1 Å². The van der Waals surface area contributed by atoms with Crippen molar-refractivity contribution in [1.82, 2.24) is 19.7 Å². The number of rotatable bonds is 9. The number of aromatic nitrogens is 4. The molecule has 0 saturated carbocycles. The summed E-state index contributed by atoms with van der Waals surface area (Å²) in [6.07, 6.45) is 4.30. The third-order valence-electron chi connectivity index (χ3n) is 9.07. The van der Waals surface area contributed by atoms with Crippen LogP contribution >= 0.6 is 0 Å². The lowest BCUT2D eigenvalue weighted by molar-refractivity contribution is 0.0668. The lowest BCUT2D eigenvalue weighted by atomic mass is 9.83. The fourth-order valence-corrected chi connectivity index (χ4v) is 6.68. The average Bonchev–Trinajstić information content (AvgIpc) is 3.48. The van der Waals surface area contributed by atoms with E-state index in [1.807, 2.05) is 34.6 Å². The van der Waals surface area contributed by atoms with Gasteiger partial charge in [-0.2, -0.15) is 10.4 Å². The summed E-state index contributed by atoms with van der Waals surface area (Å²) in [6, 6.07) is 10.4. The van der Waals surface area contributed by atoms with Gasteiger partial charge in [0.25, 0.3) is 0 Å². The van der Waals surface area contributed by atoms with Crippen LogP contribution in [0.4, 0.5) is 17.5 Å². The van der Waals surface area contributed by atoms with E-state index in [1.54, 1.807) is 6.20 Å². The first-order chi connectivity index (χ1) is 20.3. The van der Waals surface area contributed by atoms with Crippen molar-refractivity contribution in [2.45, 2.75) is 77.0 Å². The van der Waals surface area contributed by atoms with Crippen LogP contribution in [0.15, 0.2) is 30.5 Å². The number of hydrogen-bond acceptors (Lipinski definition) is 9. The molecule has 2 aliphatic rings. The Kier molecular flexibility index (Phi) is 8.53. The molecule has 1 atom stereocenters. The number of nitrogens with zero attached hydrogens (tertiary/aromatic N) is 6. The Labute approximate surface area is 256 Å². The second-order valence-electron chi connectivity index (χ2n) is 13.4. The molecule has 0 amide bonds.